The highest BCUT2D eigenvalue weighted by molar-refractivity contribution is 5.97. The number of carbonyl (C=O) groups excluding carboxylic acids is 2. The Morgan fingerprint density at radius 3 is 2.35 bits per heavy atom. The predicted octanol–water partition coefficient (Wildman–Crippen LogP) is 2.35. The molecule has 0 aromatic heterocycles. The molecule has 1 N–H and O–H groups in total. The predicted molar refractivity (Wildman–Crippen MR) is 81.2 cm³/mol. The van der Waals surface area contributed by atoms with Gasteiger partial charge in [-0.1, -0.05) is 45.8 Å². The van der Waals surface area contributed by atoms with Crippen LogP contribution in [0, 0.1) is 11.8 Å². The van der Waals surface area contributed by atoms with Crippen molar-refractivity contribution < 1.29 is 9.59 Å². The Kier molecular flexibility index (Phi) is 5.78. The lowest BCUT2D eigenvalue weighted by Gasteiger charge is -2.42. The van der Waals surface area contributed by atoms with Crippen LogP contribution in [0.15, 0.2) is 11.6 Å². The third-order valence-electron chi connectivity index (χ3n) is 4.00. The van der Waals surface area contributed by atoms with Crippen LogP contribution in [0.2, 0.25) is 0 Å². The highest BCUT2D eigenvalue weighted by atomic mass is 16.2. The van der Waals surface area contributed by atoms with E-state index in [9.17, 15) is 9.59 Å². The lowest BCUT2D eigenvalue weighted by atomic mass is 9.90. The Labute approximate surface area is 122 Å². The first-order valence-electron chi connectivity index (χ1n) is 7.53. The van der Waals surface area contributed by atoms with Crippen LogP contribution in [0.3, 0.4) is 0 Å². The van der Waals surface area contributed by atoms with Crippen molar-refractivity contribution in [2.45, 2.75) is 60.0 Å². The van der Waals surface area contributed by atoms with E-state index in [1.807, 2.05) is 40.7 Å². The van der Waals surface area contributed by atoms with Crippen LogP contribution in [0.5, 0.6) is 0 Å². The molecule has 0 aromatic carbocycles. The Bertz CT molecular complexity index is 397. The van der Waals surface area contributed by atoms with Gasteiger partial charge in [0.25, 0.3) is 0 Å². The molecule has 1 aliphatic heterocycles. The van der Waals surface area contributed by atoms with E-state index in [-0.39, 0.29) is 29.7 Å². The fourth-order valence-corrected chi connectivity index (χ4v) is 2.48. The number of allylic oxidation sites excluding steroid dienone is 1. The van der Waals surface area contributed by atoms with Crippen molar-refractivity contribution >= 4 is 11.8 Å². The van der Waals surface area contributed by atoms with Crippen LogP contribution >= 0.6 is 0 Å². The molecular weight excluding hydrogens is 252 g/mol. The van der Waals surface area contributed by atoms with Gasteiger partial charge in [0.05, 0.1) is 0 Å². The van der Waals surface area contributed by atoms with Gasteiger partial charge in [-0.15, -0.1) is 0 Å². The third kappa shape index (κ3) is 3.62. The molecule has 0 bridgehead atoms. The van der Waals surface area contributed by atoms with Gasteiger partial charge in [0.2, 0.25) is 11.8 Å². The van der Waals surface area contributed by atoms with Gasteiger partial charge >= 0.3 is 0 Å². The van der Waals surface area contributed by atoms with E-state index >= 15 is 0 Å². The van der Waals surface area contributed by atoms with Gasteiger partial charge in [-0.25, -0.2) is 0 Å². The molecule has 0 saturated carbocycles. The Hall–Kier alpha value is -1.32. The van der Waals surface area contributed by atoms with E-state index < -0.39 is 6.04 Å². The van der Waals surface area contributed by atoms with Gasteiger partial charge in [-0.3, -0.25) is 9.59 Å². The second-order valence-corrected chi connectivity index (χ2v) is 6.33. The molecule has 1 rings (SSSR count). The number of hydrogen-bond acceptors (Lipinski definition) is 2. The van der Waals surface area contributed by atoms with Crippen molar-refractivity contribution in [3.8, 4) is 0 Å². The number of piperazine rings is 1. The van der Waals surface area contributed by atoms with Gasteiger partial charge in [0.15, 0.2) is 0 Å². The largest absolute Gasteiger partial charge is 0.342 e. The molecule has 1 saturated heterocycles. The standard InChI is InChI=1S/C16H28N2O2/c1-7-12(6)14-15(19)17-13(11(4)5)16(20)18(14)9-8-10(2)3/h8,11-14H,7,9H2,1-6H3,(H,17,19). The number of hydrogen-bond donors (Lipinski definition) is 1. The number of rotatable bonds is 5. The molecule has 4 nitrogen and oxygen atoms in total. The Balaban J connectivity index is 3.06. The lowest BCUT2D eigenvalue weighted by Crippen LogP contribution is -2.66. The second-order valence-electron chi connectivity index (χ2n) is 6.33. The monoisotopic (exact) mass is 280 g/mol. The molecular formula is C16H28N2O2. The number of amides is 2. The van der Waals surface area contributed by atoms with Crippen LogP contribution in [0.25, 0.3) is 0 Å². The molecule has 114 valence electrons. The maximum Gasteiger partial charge on any atom is 0.246 e. The van der Waals surface area contributed by atoms with Gasteiger partial charge in [0.1, 0.15) is 12.1 Å². The van der Waals surface area contributed by atoms with Crippen molar-refractivity contribution in [1.29, 1.82) is 0 Å². The molecule has 2 amide bonds. The first kappa shape index (κ1) is 16.7. The van der Waals surface area contributed by atoms with Gasteiger partial charge < -0.3 is 10.2 Å². The average molecular weight is 280 g/mol. The van der Waals surface area contributed by atoms with Crippen LogP contribution in [0.4, 0.5) is 0 Å². The summed E-state index contributed by atoms with van der Waals surface area (Å²) in [4.78, 5) is 26.8. The van der Waals surface area contributed by atoms with Crippen LogP contribution < -0.4 is 5.32 Å². The SMILES string of the molecule is CCC(C)C1C(=O)NC(C(C)C)C(=O)N1CC=C(C)C. The summed E-state index contributed by atoms with van der Waals surface area (Å²) in [6.07, 6.45) is 2.90. The number of nitrogens with one attached hydrogen (secondary N) is 1. The van der Waals surface area contributed by atoms with Crippen LogP contribution in [-0.4, -0.2) is 35.3 Å². The van der Waals surface area contributed by atoms with E-state index in [0.717, 1.165) is 12.0 Å². The van der Waals surface area contributed by atoms with Crippen molar-refractivity contribution in [1.82, 2.24) is 10.2 Å². The summed E-state index contributed by atoms with van der Waals surface area (Å²) < 4.78 is 0. The molecule has 4 heteroatoms. The minimum atomic E-state index is -0.395. The van der Waals surface area contributed by atoms with E-state index in [0.29, 0.717) is 6.54 Å². The molecule has 3 atom stereocenters. The summed E-state index contributed by atoms with van der Waals surface area (Å²) >= 11 is 0. The molecule has 0 radical (unpaired) electrons. The molecule has 1 heterocycles. The van der Waals surface area contributed by atoms with Crippen molar-refractivity contribution in [3.63, 3.8) is 0 Å². The van der Waals surface area contributed by atoms with E-state index in [2.05, 4.69) is 12.2 Å². The summed E-state index contributed by atoms with van der Waals surface area (Å²) in [6.45, 7) is 12.5. The first-order chi connectivity index (χ1) is 9.29. The van der Waals surface area contributed by atoms with Crippen LogP contribution in [0.1, 0.15) is 48.0 Å². The third-order valence-corrected chi connectivity index (χ3v) is 4.00. The van der Waals surface area contributed by atoms with Gasteiger partial charge in [-0.05, 0) is 25.7 Å². The van der Waals surface area contributed by atoms with Gasteiger partial charge in [-0.2, -0.15) is 0 Å². The fourth-order valence-electron chi connectivity index (χ4n) is 2.48. The highest BCUT2D eigenvalue weighted by Gasteiger charge is 2.42. The summed E-state index contributed by atoms with van der Waals surface area (Å²) in [6, 6.07) is -0.744. The minimum Gasteiger partial charge on any atom is -0.342 e. The zero-order chi connectivity index (χ0) is 15.4. The normalized spacial score (nSPS) is 24.6. The summed E-state index contributed by atoms with van der Waals surface area (Å²) in [5.41, 5.74) is 1.16. The minimum absolute atomic E-state index is 0.0141. The Morgan fingerprint density at radius 2 is 1.90 bits per heavy atom. The maximum atomic E-state index is 12.6. The average Bonchev–Trinajstić information content (AvgIpc) is 2.37. The smallest absolute Gasteiger partial charge is 0.246 e. The molecule has 20 heavy (non-hydrogen) atoms. The maximum absolute atomic E-state index is 12.6. The molecule has 0 spiro atoms. The number of carbonyl (C=O) groups is 2. The fraction of sp³-hybridized carbons (Fsp3) is 0.750. The van der Waals surface area contributed by atoms with E-state index in [1.165, 1.54) is 0 Å². The van der Waals surface area contributed by atoms with E-state index in [1.54, 1.807) is 4.90 Å². The highest BCUT2D eigenvalue weighted by Crippen LogP contribution is 2.22. The van der Waals surface area contributed by atoms with Crippen molar-refractivity contribution in [3.05, 3.63) is 11.6 Å². The Morgan fingerprint density at radius 1 is 1.30 bits per heavy atom. The lowest BCUT2D eigenvalue weighted by molar-refractivity contribution is -0.152. The number of nitrogens with zero attached hydrogens (tertiary/aromatic N) is 1. The molecule has 3 unspecified atom stereocenters. The van der Waals surface area contributed by atoms with E-state index in [4.69, 9.17) is 0 Å². The van der Waals surface area contributed by atoms with Crippen molar-refractivity contribution in [2.24, 2.45) is 11.8 Å². The topological polar surface area (TPSA) is 49.4 Å². The van der Waals surface area contributed by atoms with Gasteiger partial charge in [0, 0.05) is 6.54 Å². The van der Waals surface area contributed by atoms with Crippen molar-refractivity contribution in [2.75, 3.05) is 6.54 Å². The zero-order valence-corrected chi connectivity index (χ0v) is 13.6. The molecule has 0 aromatic rings. The quantitative estimate of drug-likeness (QED) is 0.786. The summed E-state index contributed by atoms with van der Waals surface area (Å²) in [5, 5.41) is 2.90. The molecule has 1 aliphatic rings. The first-order valence-corrected chi connectivity index (χ1v) is 7.53. The zero-order valence-electron chi connectivity index (χ0n) is 13.6. The molecule has 0 aliphatic carbocycles. The van der Waals surface area contributed by atoms with Crippen LogP contribution in [-0.2, 0) is 9.59 Å². The summed E-state index contributed by atoms with van der Waals surface area (Å²) in [5.74, 6) is 0.304. The summed E-state index contributed by atoms with van der Waals surface area (Å²) in [7, 11) is 0. The second kappa shape index (κ2) is 6.91. The molecule has 1 fully saturated rings.